The third-order valence-corrected chi connectivity index (χ3v) is 8.35. The van der Waals surface area contributed by atoms with Gasteiger partial charge in [-0.25, -0.2) is 8.42 Å². The van der Waals surface area contributed by atoms with Crippen molar-refractivity contribution in [3.63, 3.8) is 0 Å². The summed E-state index contributed by atoms with van der Waals surface area (Å²) in [4.78, 5) is 16.1. The number of aromatic amines is 1. The van der Waals surface area contributed by atoms with Crippen LogP contribution in [0.4, 0.5) is 0 Å². The first-order valence-corrected chi connectivity index (χ1v) is 13.3. The zero-order chi connectivity index (χ0) is 25.3. The summed E-state index contributed by atoms with van der Waals surface area (Å²) < 4.78 is 40.2. The van der Waals surface area contributed by atoms with E-state index in [1.54, 1.807) is 6.07 Å². The van der Waals surface area contributed by atoms with Gasteiger partial charge in [-0.1, -0.05) is 42.5 Å². The molecule has 0 saturated carbocycles. The number of pyridine rings is 1. The van der Waals surface area contributed by atoms with Crippen LogP contribution in [-0.4, -0.2) is 37.5 Å². The van der Waals surface area contributed by atoms with Crippen molar-refractivity contribution < 1.29 is 17.9 Å². The van der Waals surface area contributed by atoms with Gasteiger partial charge in [-0.2, -0.15) is 4.31 Å². The molecule has 8 heteroatoms. The molecule has 0 unspecified atom stereocenters. The molecule has 1 N–H and O–H groups in total. The van der Waals surface area contributed by atoms with Gasteiger partial charge in [-0.3, -0.25) is 4.79 Å². The fraction of sp³-hybridized carbons (Fsp3) is 0.250. The van der Waals surface area contributed by atoms with Crippen molar-refractivity contribution >= 4 is 20.9 Å². The summed E-state index contributed by atoms with van der Waals surface area (Å²) in [5, 5.41) is 0.907. The molecule has 0 saturated heterocycles. The van der Waals surface area contributed by atoms with Crippen molar-refractivity contribution in [3.05, 3.63) is 99.3 Å². The van der Waals surface area contributed by atoms with Gasteiger partial charge in [0.05, 0.1) is 10.4 Å². The van der Waals surface area contributed by atoms with Crippen LogP contribution in [0.25, 0.3) is 10.9 Å². The minimum atomic E-state index is -3.95. The molecule has 0 amide bonds. The van der Waals surface area contributed by atoms with Gasteiger partial charge in [0.2, 0.25) is 10.0 Å². The lowest BCUT2D eigenvalue weighted by molar-refractivity contribution is 0.171. The standard InChI is InChI=1S/C28H28N2O5S/c1-19-8-9-20(2)27-24(19)16-22(28(31)29-27)18-30(13-12-21-6-4-3-5-7-21)36(32,33)23-10-11-25-26(17-23)35-15-14-34-25/h3-11,16-17H,12-15,18H2,1-2H3,(H,29,31). The number of hydrogen-bond donors (Lipinski definition) is 1. The van der Waals surface area contributed by atoms with Gasteiger partial charge in [-0.15, -0.1) is 0 Å². The van der Waals surface area contributed by atoms with Crippen LogP contribution in [0.5, 0.6) is 11.5 Å². The number of H-pyrrole nitrogens is 1. The van der Waals surface area contributed by atoms with E-state index in [1.807, 2.05) is 62.4 Å². The summed E-state index contributed by atoms with van der Waals surface area (Å²) in [6.45, 7) is 4.86. The Morgan fingerprint density at radius 3 is 2.39 bits per heavy atom. The van der Waals surface area contributed by atoms with Gasteiger partial charge in [0, 0.05) is 30.1 Å². The SMILES string of the molecule is Cc1ccc(C)c2[nH]c(=O)c(CN(CCc3ccccc3)S(=O)(=O)c3ccc4c(c3)OCCO4)cc12. The Morgan fingerprint density at radius 1 is 0.889 bits per heavy atom. The molecule has 1 aliphatic rings. The van der Waals surface area contributed by atoms with Crippen LogP contribution in [0.2, 0.25) is 0 Å². The number of sulfonamides is 1. The Kier molecular flexibility index (Phi) is 6.55. The highest BCUT2D eigenvalue weighted by molar-refractivity contribution is 7.89. The van der Waals surface area contributed by atoms with Crippen molar-refractivity contribution in [3.8, 4) is 11.5 Å². The van der Waals surface area contributed by atoms with Crippen LogP contribution in [0.15, 0.2) is 76.4 Å². The molecule has 4 aromatic rings. The second kappa shape index (κ2) is 9.79. The fourth-order valence-corrected chi connectivity index (χ4v) is 5.88. The third kappa shape index (κ3) is 4.74. The van der Waals surface area contributed by atoms with Gasteiger partial charge < -0.3 is 14.5 Å². The van der Waals surface area contributed by atoms with Crippen LogP contribution in [0, 0.1) is 13.8 Å². The molecular formula is C28H28N2O5S. The Bertz CT molecular complexity index is 1580. The van der Waals surface area contributed by atoms with Crippen LogP contribution >= 0.6 is 0 Å². The molecule has 2 heterocycles. The highest BCUT2D eigenvalue weighted by Gasteiger charge is 2.27. The van der Waals surface area contributed by atoms with E-state index in [4.69, 9.17) is 9.47 Å². The number of fused-ring (bicyclic) bond motifs is 2. The lowest BCUT2D eigenvalue weighted by atomic mass is 10.0. The Hall–Kier alpha value is -3.62. The topological polar surface area (TPSA) is 88.7 Å². The van der Waals surface area contributed by atoms with Gasteiger partial charge in [0.1, 0.15) is 13.2 Å². The molecule has 3 aromatic carbocycles. The van der Waals surface area contributed by atoms with Crippen molar-refractivity contribution in [1.82, 2.24) is 9.29 Å². The van der Waals surface area contributed by atoms with Crippen molar-refractivity contribution in [2.45, 2.75) is 31.7 Å². The number of ether oxygens (including phenoxy) is 2. The second-order valence-electron chi connectivity index (χ2n) is 8.99. The molecule has 0 radical (unpaired) electrons. The first-order chi connectivity index (χ1) is 17.3. The van der Waals surface area contributed by atoms with Crippen LogP contribution < -0.4 is 15.0 Å². The van der Waals surface area contributed by atoms with E-state index < -0.39 is 10.0 Å². The number of hydrogen-bond acceptors (Lipinski definition) is 5. The van der Waals surface area contributed by atoms with E-state index in [2.05, 4.69) is 4.98 Å². The fourth-order valence-electron chi connectivity index (χ4n) is 4.44. The van der Waals surface area contributed by atoms with Crippen LogP contribution in [0.1, 0.15) is 22.3 Å². The van der Waals surface area contributed by atoms with E-state index in [0.717, 1.165) is 27.6 Å². The van der Waals surface area contributed by atoms with E-state index in [9.17, 15) is 13.2 Å². The Labute approximate surface area is 210 Å². The number of rotatable bonds is 7. The van der Waals surface area contributed by atoms with Crippen LogP contribution in [-0.2, 0) is 23.0 Å². The van der Waals surface area contributed by atoms with Crippen molar-refractivity contribution in [2.24, 2.45) is 0 Å². The number of nitrogens with zero attached hydrogens (tertiary/aromatic N) is 1. The summed E-state index contributed by atoms with van der Waals surface area (Å²) >= 11 is 0. The first-order valence-electron chi connectivity index (χ1n) is 11.9. The van der Waals surface area contributed by atoms with Gasteiger partial charge in [0.15, 0.2) is 11.5 Å². The number of benzene rings is 3. The van der Waals surface area contributed by atoms with E-state index >= 15 is 0 Å². The number of aromatic nitrogens is 1. The average Bonchev–Trinajstić information content (AvgIpc) is 2.89. The highest BCUT2D eigenvalue weighted by Crippen LogP contribution is 2.33. The number of aryl methyl sites for hydroxylation is 2. The molecule has 0 atom stereocenters. The van der Waals surface area contributed by atoms with E-state index in [0.29, 0.717) is 36.7 Å². The molecular weight excluding hydrogens is 476 g/mol. The molecule has 1 aromatic heterocycles. The largest absolute Gasteiger partial charge is 0.486 e. The Balaban J connectivity index is 1.54. The predicted molar refractivity (Wildman–Crippen MR) is 139 cm³/mol. The third-order valence-electron chi connectivity index (χ3n) is 6.51. The first kappa shape index (κ1) is 24.1. The molecule has 0 fully saturated rings. The molecule has 7 nitrogen and oxygen atoms in total. The zero-order valence-electron chi connectivity index (χ0n) is 20.3. The summed E-state index contributed by atoms with van der Waals surface area (Å²) in [5.74, 6) is 0.924. The zero-order valence-corrected chi connectivity index (χ0v) is 21.1. The number of nitrogens with one attached hydrogen (secondary N) is 1. The minimum Gasteiger partial charge on any atom is -0.486 e. The molecule has 0 bridgehead atoms. The van der Waals surface area contributed by atoms with Crippen molar-refractivity contribution in [2.75, 3.05) is 19.8 Å². The molecule has 36 heavy (non-hydrogen) atoms. The van der Waals surface area contributed by atoms with Gasteiger partial charge >= 0.3 is 0 Å². The Morgan fingerprint density at radius 2 is 1.61 bits per heavy atom. The van der Waals surface area contributed by atoms with Crippen LogP contribution in [0.3, 0.4) is 0 Å². The summed E-state index contributed by atoms with van der Waals surface area (Å²) in [7, 11) is -3.95. The minimum absolute atomic E-state index is 0.0533. The smallest absolute Gasteiger partial charge is 0.252 e. The predicted octanol–water partition coefficient (Wildman–Crippen LogP) is 4.35. The maximum atomic E-state index is 13.9. The lowest BCUT2D eigenvalue weighted by Gasteiger charge is -2.24. The summed E-state index contributed by atoms with van der Waals surface area (Å²) in [6, 6.07) is 20.1. The normalized spacial score (nSPS) is 13.3. The van der Waals surface area contributed by atoms with Crippen molar-refractivity contribution in [1.29, 1.82) is 0 Å². The summed E-state index contributed by atoms with van der Waals surface area (Å²) in [5.41, 5.74) is 3.86. The highest BCUT2D eigenvalue weighted by atomic mass is 32.2. The molecule has 186 valence electrons. The van der Waals surface area contributed by atoms with E-state index in [-0.39, 0.29) is 23.5 Å². The monoisotopic (exact) mass is 504 g/mol. The van der Waals surface area contributed by atoms with E-state index in [1.165, 1.54) is 16.4 Å². The molecule has 0 spiro atoms. The van der Waals surface area contributed by atoms with Gasteiger partial charge in [-0.05, 0) is 55.2 Å². The summed E-state index contributed by atoms with van der Waals surface area (Å²) in [6.07, 6.45) is 0.508. The lowest BCUT2D eigenvalue weighted by Crippen LogP contribution is -2.34. The molecule has 1 aliphatic heterocycles. The average molecular weight is 505 g/mol. The quantitative estimate of drug-likeness (QED) is 0.404. The van der Waals surface area contributed by atoms with Gasteiger partial charge in [0.25, 0.3) is 5.56 Å². The second-order valence-corrected chi connectivity index (χ2v) is 10.9. The molecule has 0 aliphatic carbocycles. The molecule has 5 rings (SSSR count). The maximum absolute atomic E-state index is 13.9. The maximum Gasteiger partial charge on any atom is 0.252 e.